The van der Waals surface area contributed by atoms with Crippen LogP contribution in [-0.2, 0) is 6.42 Å². The maximum absolute atomic E-state index is 11.9. The number of phenols is 1. The van der Waals surface area contributed by atoms with Crippen molar-refractivity contribution in [2.75, 3.05) is 0 Å². The first-order valence-corrected chi connectivity index (χ1v) is 11.6. The lowest BCUT2D eigenvalue weighted by atomic mass is 9.53. The quantitative estimate of drug-likeness (QED) is 0.618. The summed E-state index contributed by atoms with van der Waals surface area (Å²) >= 11 is 0. The van der Waals surface area contributed by atoms with Crippen LogP contribution in [0.2, 0.25) is 0 Å². The maximum Gasteiger partial charge on any atom is 0.115 e. The highest BCUT2D eigenvalue weighted by Crippen LogP contribution is 2.64. The van der Waals surface area contributed by atoms with E-state index in [9.17, 15) is 10.2 Å². The highest BCUT2D eigenvalue weighted by atomic mass is 16.3. The fourth-order valence-corrected chi connectivity index (χ4v) is 7.13. The van der Waals surface area contributed by atoms with Gasteiger partial charge in [0.05, 0.1) is 5.60 Å². The molecule has 2 fully saturated rings. The van der Waals surface area contributed by atoms with Gasteiger partial charge in [0.2, 0.25) is 0 Å². The van der Waals surface area contributed by atoms with E-state index in [0.29, 0.717) is 23.5 Å². The van der Waals surface area contributed by atoms with Crippen LogP contribution in [0.5, 0.6) is 5.75 Å². The van der Waals surface area contributed by atoms with E-state index in [-0.39, 0.29) is 5.41 Å². The van der Waals surface area contributed by atoms with E-state index >= 15 is 0 Å². The molecule has 2 aromatic carbocycles. The zero-order chi connectivity index (χ0) is 21.1. The highest BCUT2D eigenvalue weighted by molar-refractivity contribution is 5.56. The van der Waals surface area contributed by atoms with Gasteiger partial charge in [0.25, 0.3) is 0 Å². The van der Waals surface area contributed by atoms with Crippen molar-refractivity contribution in [3.05, 3.63) is 70.3 Å². The van der Waals surface area contributed by atoms with Crippen molar-refractivity contribution in [2.45, 2.75) is 70.8 Å². The lowest BCUT2D eigenvalue weighted by Gasteiger charge is -2.52. The second-order valence-corrected chi connectivity index (χ2v) is 10.4. The molecule has 30 heavy (non-hydrogen) atoms. The van der Waals surface area contributed by atoms with Crippen molar-refractivity contribution in [1.29, 1.82) is 0 Å². The molecule has 0 aromatic heterocycles. The fraction of sp³-hybridized carbons (Fsp3) is 0.500. The summed E-state index contributed by atoms with van der Waals surface area (Å²) in [5.74, 6) is 2.18. The molecular weight excluding hydrogens is 368 g/mol. The average Bonchev–Trinajstić information content (AvgIpc) is 2.98. The van der Waals surface area contributed by atoms with E-state index in [1.54, 1.807) is 0 Å². The minimum Gasteiger partial charge on any atom is -0.508 e. The monoisotopic (exact) mass is 402 g/mol. The second kappa shape index (κ2) is 6.99. The Morgan fingerprint density at radius 2 is 1.83 bits per heavy atom. The van der Waals surface area contributed by atoms with Gasteiger partial charge in [0, 0.05) is 5.41 Å². The predicted molar refractivity (Wildman–Crippen MR) is 123 cm³/mol. The number of aromatic hydroxyl groups is 1. The number of rotatable bonds is 2. The molecule has 0 aliphatic heterocycles. The topological polar surface area (TPSA) is 40.5 Å². The summed E-state index contributed by atoms with van der Waals surface area (Å²) < 4.78 is 0. The van der Waals surface area contributed by atoms with Crippen molar-refractivity contribution in [2.24, 2.45) is 17.3 Å². The fourth-order valence-electron chi connectivity index (χ4n) is 7.13. The zero-order valence-corrected chi connectivity index (χ0v) is 18.5. The van der Waals surface area contributed by atoms with E-state index in [2.05, 4.69) is 57.2 Å². The lowest BCUT2D eigenvalue weighted by Crippen LogP contribution is -2.49. The smallest absolute Gasteiger partial charge is 0.115 e. The number of benzene rings is 2. The van der Waals surface area contributed by atoms with E-state index in [1.807, 2.05) is 12.1 Å². The summed E-state index contributed by atoms with van der Waals surface area (Å²) in [6.07, 6.45) is 10.7. The Morgan fingerprint density at radius 3 is 2.63 bits per heavy atom. The Bertz CT molecular complexity index is 1010. The largest absolute Gasteiger partial charge is 0.508 e. The molecule has 2 N–H and O–H groups in total. The SMILES string of the molecule is Cc1ccc(/C=C/[C@]2(O)CC[C@H]3[C@@H]4CCc5cc(O)ccc5[C@H]4CC[C@@]32C)c(C)c1. The van der Waals surface area contributed by atoms with Crippen LogP contribution in [0.4, 0.5) is 0 Å². The molecular formula is C28H34O2. The molecule has 2 aromatic rings. The third kappa shape index (κ3) is 2.95. The van der Waals surface area contributed by atoms with Crippen LogP contribution in [0.25, 0.3) is 6.08 Å². The van der Waals surface area contributed by atoms with E-state index < -0.39 is 5.60 Å². The average molecular weight is 403 g/mol. The molecule has 0 radical (unpaired) electrons. The third-order valence-electron chi connectivity index (χ3n) is 8.89. The molecule has 5 atom stereocenters. The Balaban J connectivity index is 1.43. The van der Waals surface area contributed by atoms with Crippen LogP contribution >= 0.6 is 0 Å². The molecule has 0 amide bonds. The number of aryl methyl sites for hydroxylation is 3. The highest BCUT2D eigenvalue weighted by Gasteiger charge is 2.60. The summed E-state index contributed by atoms with van der Waals surface area (Å²) in [7, 11) is 0. The molecule has 3 aliphatic carbocycles. The van der Waals surface area contributed by atoms with Gasteiger partial charge in [-0.25, -0.2) is 0 Å². The molecule has 2 nitrogen and oxygen atoms in total. The normalized spacial score (nSPS) is 35.1. The van der Waals surface area contributed by atoms with Gasteiger partial charge in [0.15, 0.2) is 0 Å². The van der Waals surface area contributed by atoms with Crippen molar-refractivity contribution in [1.82, 2.24) is 0 Å². The Kier molecular flexibility index (Phi) is 4.63. The van der Waals surface area contributed by atoms with E-state index in [4.69, 9.17) is 0 Å². The van der Waals surface area contributed by atoms with Gasteiger partial charge >= 0.3 is 0 Å². The summed E-state index contributed by atoms with van der Waals surface area (Å²) in [4.78, 5) is 0. The van der Waals surface area contributed by atoms with Gasteiger partial charge in [-0.1, -0.05) is 48.9 Å². The number of hydrogen-bond acceptors (Lipinski definition) is 2. The van der Waals surface area contributed by atoms with Gasteiger partial charge in [-0.2, -0.15) is 0 Å². The van der Waals surface area contributed by atoms with Gasteiger partial charge in [-0.3, -0.25) is 0 Å². The molecule has 5 rings (SSSR count). The maximum atomic E-state index is 11.9. The van der Waals surface area contributed by atoms with Crippen molar-refractivity contribution >= 4 is 6.08 Å². The van der Waals surface area contributed by atoms with Crippen LogP contribution < -0.4 is 0 Å². The van der Waals surface area contributed by atoms with Crippen LogP contribution in [0.1, 0.15) is 72.8 Å². The number of fused-ring (bicyclic) bond motifs is 5. The van der Waals surface area contributed by atoms with Crippen LogP contribution in [0.3, 0.4) is 0 Å². The molecule has 0 unspecified atom stereocenters. The third-order valence-corrected chi connectivity index (χ3v) is 8.89. The first-order chi connectivity index (χ1) is 14.3. The van der Waals surface area contributed by atoms with E-state index in [0.717, 1.165) is 32.1 Å². The van der Waals surface area contributed by atoms with Crippen LogP contribution in [0, 0.1) is 31.1 Å². The molecule has 2 saturated carbocycles. The minimum absolute atomic E-state index is 0.0578. The zero-order valence-electron chi connectivity index (χ0n) is 18.5. The summed E-state index contributed by atoms with van der Waals surface area (Å²) in [5.41, 5.74) is 5.76. The summed E-state index contributed by atoms with van der Waals surface area (Å²) in [6.45, 7) is 6.62. The first-order valence-electron chi connectivity index (χ1n) is 11.6. The molecule has 3 aliphatic rings. The predicted octanol–water partition coefficient (Wildman–Crippen LogP) is 6.31. The van der Waals surface area contributed by atoms with Crippen molar-refractivity contribution in [3.63, 3.8) is 0 Å². The summed E-state index contributed by atoms with van der Waals surface area (Å²) in [5, 5.41) is 21.7. The van der Waals surface area contributed by atoms with E-state index in [1.165, 1.54) is 34.2 Å². The van der Waals surface area contributed by atoms with Crippen molar-refractivity contribution in [3.8, 4) is 5.75 Å². The number of phenolic OH excluding ortho intramolecular Hbond substituents is 1. The Labute approximate surface area is 180 Å². The molecule has 0 saturated heterocycles. The van der Waals surface area contributed by atoms with Gasteiger partial charge in [-0.15, -0.1) is 0 Å². The lowest BCUT2D eigenvalue weighted by molar-refractivity contribution is -0.0705. The molecule has 158 valence electrons. The first kappa shape index (κ1) is 19.9. The molecule has 2 heteroatoms. The molecule has 0 bridgehead atoms. The van der Waals surface area contributed by atoms with Crippen molar-refractivity contribution < 1.29 is 10.2 Å². The number of hydrogen-bond donors (Lipinski definition) is 2. The second-order valence-electron chi connectivity index (χ2n) is 10.4. The standard InChI is InChI=1S/C28H34O2/c1-18-4-5-20(19(2)16-18)10-14-28(30)15-12-26-25-8-6-21-17-22(29)7-9-23(21)24(25)11-13-27(26,28)3/h4-5,7,9-10,14,16-17,24-26,29-30H,6,8,11-13,15H2,1-3H3/b14-10+/t24-,25-,26+,27+,28+/m1/s1. The van der Waals surface area contributed by atoms with Gasteiger partial charge in [0.1, 0.15) is 5.75 Å². The minimum atomic E-state index is -0.727. The molecule has 0 heterocycles. The Hall–Kier alpha value is -2.06. The summed E-state index contributed by atoms with van der Waals surface area (Å²) in [6, 6.07) is 12.5. The van der Waals surface area contributed by atoms with Crippen LogP contribution in [-0.4, -0.2) is 15.8 Å². The molecule has 0 spiro atoms. The van der Waals surface area contributed by atoms with Gasteiger partial charge in [-0.05, 0) is 105 Å². The number of aliphatic hydroxyl groups is 1. The van der Waals surface area contributed by atoms with Crippen LogP contribution in [0.15, 0.2) is 42.5 Å². The Morgan fingerprint density at radius 1 is 1.00 bits per heavy atom. The van der Waals surface area contributed by atoms with Gasteiger partial charge < -0.3 is 10.2 Å².